The molecule has 0 aromatic carbocycles. The topological polar surface area (TPSA) is 101 Å². The lowest BCUT2D eigenvalue weighted by Crippen LogP contribution is -2.34. The van der Waals surface area contributed by atoms with Gasteiger partial charge < -0.3 is 15.2 Å². The Labute approximate surface area is 85.1 Å². The van der Waals surface area contributed by atoms with E-state index in [0.717, 1.165) is 7.11 Å². The predicted molar refractivity (Wildman–Crippen MR) is 47.9 cm³/mol. The molecule has 15 heavy (non-hydrogen) atoms. The first-order chi connectivity index (χ1) is 7.15. The van der Waals surface area contributed by atoms with Crippen LogP contribution >= 0.6 is 0 Å². The second-order valence-electron chi connectivity index (χ2n) is 2.54. The maximum atomic E-state index is 10.9. The molecule has 0 spiro atoms. The van der Waals surface area contributed by atoms with Crippen LogP contribution in [-0.4, -0.2) is 34.2 Å². The number of methoxy groups -OCH3 is 1. The van der Waals surface area contributed by atoms with Gasteiger partial charge in [-0.05, 0) is 0 Å². The summed E-state index contributed by atoms with van der Waals surface area (Å²) in [5.41, 5.74) is 0.135. The lowest BCUT2D eigenvalue weighted by molar-refractivity contribution is -0.139. The van der Waals surface area contributed by atoms with Crippen molar-refractivity contribution in [1.82, 2.24) is 15.3 Å². The number of aliphatic carboxylic acids is 1. The largest absolute Gasteiger partial charge is 0.479 e. The van der Waals surface area contributed by atoms with Crippen molar-refractivity contribution in [3.8, 4) is 0 Å². The molecule has 1 aromatic rings. The minimum Gasteiger partial charge on any atom is -0.479 e. The van der Waals surface area contributed by atoms with Gasteiger partial charge in [0.05, 0.1) is 19.0 Å². The highest BCUT2D eigenvalue weighted by molar-refractivity contribution is 5.80. The molecule has 2 N–H and O–H groups in total. The van der Waals surface area contributed by atoms with E-state index >= 15 is 0 Å². The van der Waals surface area contributed by atoms with Gasteiger partial charge in [0.15, 0.2) is 6.04 Å². The highest BCUT2D eigenvalue weighted by Crippen LogP contribution is 2.08. The molecule has 0 aliphatic carbocycles. The average molecular weight is 211 g/mol. The third-order valence-electron chi connectivity index (χ3n) is 1.57. The van der Waals surface area contributed by atoms with Gasteiger partial charge in [-0.2, -0.15) is 0 Å². The quantitative estimate of drug-likeness (QED) is 0.727. The normalized spacial score (nSPS) is 11.5. The van der Waals surface area contributed by atoms with Crippen LogP contribution in [0.4, 0.5) is 4.79 Å². The lowest BCUT2D eigenvalue weighted by atomic mass is 10.2. The summed E-state index contributed by atoms with van der Waals surface area (Å²) >= 11 is 0. The monoisotopic (exact) mass is 211 g/mol. The van der Waals surface area contributed by atoms with E-state index in [9.17, 15) is 9.59 Å². The van der Waals surface area contributed by atoms with Gasteiger partial charge in [0, 0.05) is 12.4 Å². The number of aromatic nitrogens is 2. The Morgan fingerprint density at radius 2 is 2.27 bits per heavy atom. The minimum atomic E-state index is -1.26. The maximum absolute atomic E-state index is 10.9. The van der Waals surface area contributed by atoms with Gasteiger partial charge in [-0.1, -0.05) is 0 Å². The molecule has 0 fully saturated rings. The number of carbonyl (C=O) groups is 2. The van der Waals surface area contributed by atoms with Gasteiger partial charge in [0.2, 0.25) is 0 Å². The molecule has 0 saturated carbocycles. The molecule has 1 aromatic heterocycles. The van der Waals surface area contributed by atoms with E-state index in [1.165, 1.54) is 18.6 Å². The molecule has 0 saturated heterocycles. The highest BCUT2D eigenvalue weighted by Gasteiger charge is 2.23. The number of carboxylic acid groups (broad SMARTS) is 1. The van der Waals surface area contributed by atoms with E-state index in [1.807, 2.05) is 0 Å². The van der Waals surface area contributed by atoms with E-state index in [2.05, 4.69) is 20.0 Å². The number of amides is 1. The zero-order valence-electron chi connectivity index (χ0n) is 7.88. The van der Waals surface area contributed by atoms with Crippen LogP contribution in [0.1, 0.15) is 11.7 Å². The van der Waals surface area contributed by atoms with E-state index in [0.29, 0.717) is 0 Å². The van der Waals surface area contributed by atoms with Crippen molar-refractivity contribution < 1.29 is 19.4 Å². The van der Waals surface area contributed by atoms with Crippen molar-refractivity contribution in [3.05, 3.63) is 24.3 Å². The fourth-order valence-electron chi connectivity index (χ4n) is 0.899. The number of nitrogens with zero attached hydrogens (tertiary/aromatic N) is 2. The van der Waals surface area contributed by atoms with Crippen molar-refractivity contribution in [3.63, 3.8) is 0 Å². The molecule has 0 aliphatic heterocycles. The van der Waals surface area contributed by atoms with E-state index in [4.69, 9.17) is 5.11 Å². The molecule has 0 aliphatic rings. The Morgan fingerprint density at radius 3 is 2.73 bits per heavy atom. The Hall–Kier alpha value is -2.18. The number of hydrogen-bond donors (Lipinski definition) is 2. The zero-order chi connectivity index (χ0) is 11.3. The van der Waals surface area contributed by atoms with Crippen LogP contribution in [0.2, 0.25) is 0 Å². The molecule has 7 nitrogen and oxygen atoms in total. The van der Waals surface area contributed by atoms with Crippen molar-refractivity contribution in [1.29, 1.82) is 0 Å². The van der Waals surface area contributed by atoms with E-state index in [-0.39, 0.29) is 5.69 Å². The number of alkyl carbamates (subject to hydrolysis) is 1. The summed E-state index contributed by atoms with van der Waals surface area (Å²) in [5, 5.41) is 11.0. The summed E-state index contributed by atoms with van der Waals surface area (Å²) in [7, 11) is 1.14. The van der Waals surface area contributed by atoms with Crippen LogP contribution in [0.15, 0.2) is 18.6 Å². The van der Waals surface area contributed by atoms with Crippen molar-refractivity contribution in [2.75, 3.05) is 7.11 Å². The smallest absolute Gasteiger partial charge is 0.407 e. The van der Waals surface area contributed by atoms with Gasteiger partial charge in [-0.15, -0.1) is 0 Å². The summed E-state index contributed by atoms with van der Waals surface area (Å²) < 4.78 is 4.29. The number of carbonyl (C=O) groups excluding carboxylic acids is 1. The number of carboxylic acids is 1. The van der Waals surface area contributed by atoms with Crippen LogP contribution in [0.3, 0.4) is 0 Å². The number of ether oxygens (including phenoxy) is 1. The molecular formula is C8H9N3O4. The molecule has 7 heteroatoms. The van der Waals surface area contributed by atoms with E-state index in [1.54, 1.807) is 0 Å². The Bertz CT molecular complexity index is 354. The van der Waals surface area contributed by atoms with Crippen molar-refractivity contribution in [2.45, 2.75) is 6.04 Å². The van der Waals surface area contributed by atoms with Gasteiger partial charge in [-0.3, -0.25) is 9.97 Å². The number of hydrogen-bond acceptors (Lipinski definition) is 5. The SMILES string of the molecule is COC(=O)NC(C(=O)O)c1cnccn1. The summed E-state index contributed by atoms with van der Waals surface area (Å²) in [6, 6.07) is -1.26. The van der Waals surface area contributed by atoms with Crippen LogP contribution < -0.4 is 5.32 Å². The zero-order valence-corrected chi connectivity index (χ0v) is 7.88. The molecule has 1 heterocycles. The fraction of sp³-hybridized carbons (Fsp3) is 0.250. The average Bonchev–Trinajstić information content (AvgIpc) is 2.26. The highest BCUT2D eigenvalue weighted by atomic mass is 16.5. The Kier molecular flexibility index (Phi) is 3.55. The third-order valence-corrected chi connectivity index (χ3v) is 1.57. The standard InChI is InChI=1S/C8H9N3O4/c1-15-8(14)11-6(7(12)13)5-4-9-2-3-10-5/h2-4,6H,1H3,(H,11,14)(H,12,13). The van der Waals surface area contributed by atoms with Crippen LogP contribution in [-0.2, 0) is 9.53 Å². The molecule has 1 unspecified atom stereocenters. The summed E-state index contributed by atoms with van der Waals surface area (Å²) in [6.07, 6.45) is 3.16. The van der Waals surface area contributed by atoms with Crippen molar-refractivity contribution >= 4 is 12.1 Å². The maximum Gasteiger partial charge on any atom is 0.407 e. The number of nitrogens with one attached hydrogen (secondary N) is 1. The predicted octanol–water partition coefficient (Wildman–Crippen LogP) is -0.0417. The second-order valence-corrected chi connectivity index (χ2v) is 2.54. The minimum absolute atomic E-state index is 0.135. The molecule has 1 rings (SSSR count). The van der Waals surface area contributed by atoms with Gasteiger partial charge in [0.1, 0.15) is 0 Å². The van der Waals surface area contributed by atoms with Crippen LogP contribution in [0.25, 0.3) is 0 Å². The first kappa shape index (κ1) is 10.9. The van der Waals surface area contributed by atoms with Gasteiger partial charge >= 0.3 is 12.1 Å². The third kappa shape index (κ3) is 2.90. The molecular weight excluding hydrogens is 202 g/mol. The summed E-state index contributed by atoms with van der Waals surface area (Å²) in [4.78, 5) is 29.1. The summed E-state index contributed by atoms with van der Waals surface area (Å²) in [5.74, 6) is -1.24. The fourth-order valence-corrected chi connectivity index (χ4v) is 0.899. The molecule has 80 valence electrons. The van der Waals surface area contributed by atoms with Crippen molar-refractivity contribution in [2.24, 2.45) is 0 Å². The van der Waals surface area contributed by atoms with E-state index < -0.39 is 18.1 Å². The number of rotatable bonds is 3. The Balaban J connectivity index is 2.84. The second kappa shape index (κ2) is 4.89. The Morgan fingerprint density at radius 1 is 1.53 bits per heavy atom. The summed E-state index contributed by atoms with van der Waals surface area (Å²) in [6.45, 7) is 0. The molecule has 0 radical (unpaired) electrons. The first-order valence-corrected chi connectivity index (χ1v) is 3.98. The van der Waals surface area contributed by atoms with Crippen LogP contribution in [0, 0.1) is 0 Å². The lowest BCUT2D eigenvalue weighted by Gasteiger charge is -2.11. The van der Waals surface area contributed by atoms with Crippen LogP contribution in [0.5, 0.6) is 0 Å². The first-order valence-electron chi connectivity index (χ1n) is 3.98. The molecule has 1 atom stereocenters. The van der Waals surface area contributed by atoms with Gasteiger partial charge in [-0.25, -0.2) is 9.59 Å². The molecule has 0 bridgehead atoms. The van der Waals surface area contributed by atoms with Gasteiger partial charge in [0.25, 0.3) is 0 Å². The molecule has 1 amide bonds.